The van der Waals surface area contributed by atoms with Gasteiger partial charge in [0, 0.05) is 17.5 Å². The van der Waals surface area contributed by atoms with Crippen LogP contribution in [0.25, 0.3) is 0 Å². The van der Waals surface area contributed by atoms with Crippen molar-refractivity contribution in [3.05, 3.63) is 83.6 Å². The van der Waals surface area contributed by atoms with Gasteiger partial charge in [-0.1, -0.05) is 59.4 Å². The molecule has 0 saturated heterocycles. The molecule has 2 aromatic carbocycles. The van der Waals surface area contributed by atoms with Gasteiger partial charge in [0.05, 0.1) is 12.2 Å². The topological polar surface area (TPSA) is 80.6 Å². The van der Waals surface area contributed by atoms with E-state index in [1.165, 1.54) is 0 Å². The SMILES string of the molecule is C=C(/C=C\N=C(N)C(C)CC)COc1ccc(C(C)(C)c2ccc(OCCC)c(C#N)c2)cc1. The molecule has 0 fully saturated rings. The number of rotatable bonds is 12. The molecule has 1 atom stereocenters. The van der Waals surface area contributed by atoms with Crippen molar-refractivity contribution in [2.45, 2.75) is 52.9 Å². The van der Waals surface area contributed by atoms with Gasteiger partial charge < -0.3 is 15.2 Å². The Labute approximate surface area is 204 Å². The zero-order valence-corrected chi connectivity index (χ0v) is 21.1. The smallest absolute Gasteiger partial charge is 0.137 e. The normalized spacial score (nSPS) is 12.9. The molecule has 34 heavy (non-hydrogen) atoms. The average molecular weight is 460 g/mol. The highest BCUT2D eigenvalue weighted by Crippen LogP contribution is 2.34. The van der Waals surface area contributed by atoms with Gasteiger partial charge in [-0.25, -0.2) is 4.99 Å². The van der Waals surface area contributed by atoms with Crippen molar-refractivity contribution >= 4 is 5.84 Å². The van der Waals surface area contributed by atoms with Crippen molar-refractivity contribution in [3.63, 3.8) is 0 Å². The molecule has 0 aliphatic carbocycles. The molecule has 2 N–H and O–H groups in total. The van der Waals surface area contributed by atoms with E-state index in [4.69, 9.17) is 15.2 Å². The molecule has 0 amide bonds. The summed E-state index contributed by atoms with van der Waals surface area (Å²) in [7, 11) is 0. The number of nitriles is 1. The van der Waals surface area contributed by atoms with Gasteiger partial charge in [-0.05, 0) is 59.9 Å². The fourth-order valence-electron chi connectivity index (χ4n) is 3.27. The lowest BCUT2D eigenvalue weighted by molar-refractivity contribution is 0.316. The van der Waals surface area contributed by atoms with Crippen LogP contribution in [0, 0.1) is 17.2 Å². The molecule has 0 aliphatic heterocycles. The Balaban J connectivity index is 2.04. The Morgan fingerprint density at radius 3 is 2.44 bits per heavy atom. The van der Waals surface area contributed by atoms with Crippen molar-refractivity contribution in [2.75, 3.05) is 13.2 Å². The summed E-state index contributed by atoms with van der Waals surface area (Å²) in [5.74, 6) is 2.28. The minimum Gasteiger partial charge on any atom is -0.492 e. The number of nitrogens with zero attached hydrogens (tertiary/aromatic N) is 2. The fourth-order valence-corrected chi connectivity index (χ4v) is 3.27. The van der Waals surface area contributed by atoms with Crippen LogP contribution in [-0.4, -0.2) is 19.0 Å². The van der Waals surface area contributed by atoms with Gasteiger partial charge in [0.15, 0.2) is 0 Å². The van der Waals surface area contributed by atoms with E-state index in [9.17, 15) is 5.26 Å². The highest BCUT2D eigenvalue weighted by molar-refractivity contribution is 5.82. The number of hydrogen-bond donors (Lipinski definition) is 1. The molecule has 5 heteroatoms. The first kappa shape index (κ1) is 26.7. The number of hydrogen-bond acceptors (Lipinski definition) is 4. The average Bonchev–Trinajstić information content (AvgIpc) is 2.85. The van der Waals surface area contributed by atoms with Crippen molar-refractivity contribution in [3.8, 4) is 17.6 Å². The van der Waals surface area contributed by atoms with E-state index in [0.29, 0.717) is 30.4 Å². The maximum absolute atomic E-state index is 9.56. The van der Waals surface area contributed by atoms with Gasteiger partial charge in [-0.2, -0.15) is 5.26 Å². The molecular weight excluding hydrogens is 422 g/mol. The molecular formula is C29H37N3O2. The first-order chi connectivity index (χ1) is 16.2. The maximum atomic E-state index is 9.56. The first-order valence-corrected chi connectivity index (χ1v) is 11.8. The summed E-state index contributed by atoms with van der Waals surface area (Å²) >= 11 is 0. The zero-order chi connectivity index (χ0) is 25.1. The number of ether oxygens (including phenoxy) is 2. The molecule has 0 bridgehead atoms. The van der Waals surface area contributed by atoms with Crippen LogP contribution in [0.2, 0.25) is 0 Å². The predicted molar refractivity (Wildman–Crippen MR) is 140 cm³/mol. The van der Waals surface area contributed by atoms with E-state index in [0.717, 1.165) is 35.3 Å². The standard InChI is InChI=1S/C29H37N3O2/c1-7-17-33-27-14-11-25(18-23(27)19-30)29(5,6)24-9-12-26(13-10-24)34-20-21(3)15-16-32-28(31)22(4)8-2/h9-16,18,22H,3,7-8,17,20H2,1-2,4-6H3,(H2,31,32)/b16-15-. The second kappa shape index (κ2) is 12.6. The summed E-state index contributed by atoms with van der Waals surface area (Å²) in [6.45, 7) is 15.4. The van der Waals surface area contributed by atoms with Crippen molar-refractivity contribution < 1.29 is 9.47 Å². The quantitative estimate of drug-likeness (QED) is 0.222. The molecule has 0 saturated carbocycles. The number of aliphatic imine (C=N–C) groups is 1. The molecule has 0 aromatic heterocycles. The Bertz CT molecular complexity index is 1060. The van der Waals surface area contributed by atoms with Crippen molar-refractivity contribution in [1.29, 1.82) is 5.26 Å². The van der Waals surface area contributed by atoms with Crippen LogP contribution in [0.15, 0.2) is 71.9 Å². The van der Waals surface area contributed by atoms with Gasteiger partial charge >= 0.3 is 0 Å². The van der Waals surface area contributed by atoms with Gasteiger partial charge in [0.2, 0.25) is 0 Å². The molecule has 180 valence electrons. The van der Waals surface area contributed by atoms with Crippen molar-refractivity contribution in [2.24, 2.45) is 16.6 Å². The summed E-state index contributed by atoms with van der Waals surface area (Å²) in [6.07, 6.45) is 5.34. The van der Waals surface area contributed by atoms with E-state index in [1.807, 2.05) is 43.3 Å². The second-order valence-corrected chi connectivity index (χ2v) is 8.95. The van der Waals surface area contributed by atoms with Crippen LogP contribution < -0.4 is 15.2 Å². The predicted octanol–water partition coefficient (Wildman–Crippen LogP) is 6.52. The summed E-state index contributed by atoms with van der Waals surface area (Å²) in [5.41, 5.74) is 9.18. The van der Waals surface area contributed by atoms with Gasteiger partial charge in [0.1, 0.15) is 30.0 Å². The molecule has 2 rings (SSSR count). The molecule has 0 spiro atoms. The van der Waals surface area contributed by atoms with E-state index in [1.54, 1.807) is 6.20 Å². The van der Waals surface area contributed by atoms with Crippen molar-refractivity contribution in [1.82, 2.24) is 0 Å². The lowest BCUT2D eigenvalue weighted by atomic mass is 9.77. The lowest BCUT2D eigenvalue weighted by Gasteiger charge is -2.27. The van der Waals surface area contributed by atoms with Gasteiger partial charge in [-0.15, -0.1) is 0 Å². The third-order valence-corrected chi connectivity index (χ3v) is 5.93. The summed E-state index contributed by atoms with van der Waals surface area (Å²) in [4.78, 5) is 4.26. The first-order valence-electron chi connectivity index (χ1n) is 11.8. The zero-order valence-electron chi connectivity index (χ0n) is 21.1. The molecule has 2 aromatic rings. The Hall–Kier alpha value is -3.52. The fraction of sp³-hybridized carbons (Fsp3) is 0.379. The summed E-state index contributed by atoms with van der Waals surface area (Å²) in [5, 5.41) is 9.56. The van der Waals surface area contributed by atoms with Crippen LogP contribution >= 0.6 is 0 Å². The third-order valence-electron chi connectivity index (χ3n) is 5.93. The maximum Gasteiger partial charge on any atom is 0.137 e. The Kier molecular flexibility index (Phi) is 9.94. The van der Waals surface area contributed by atoms with E-state index in [2.05, 4.69) is 57.5 Å². The molecule has 0 heterocycles. The number of amidine groups is 1. The highest BCUT2D eigenvalue weighted by Gasteiger charge is 2.24. The molecule has 0 radical (unpaired) electrons. The minimum atomic E-state index is -0.284. The van der Waals surface area contributed by atoms with E-state index in [-0.39, 0.29) is 11.3 Å². The van der Waals surface area contributed by atoms with Gasteiger partial charge in [0.25, 0.3) is 0 Å². The van der Waals surface area contributed by atoms with Crippen LogP contribution in [0.4, 0.5) is 0 Å². The van der Waals surface area contributed by atoms with Crippen LogP contribution in [0.3, 0.4) is 0 Å². The van der Waals surface area contributed by atoms with Crippen LogP contribution in [0.1, 0.15) is 64.2 Å². The van der Waals surface area contributed by atoms with Crippen LogP contribution in [-0.2, 0) is 5.41 Å². The monoisotopic (exact) mass is 459 g/mol. The van der Waals surface area contributed by atoms with Gasteiger partial charge in [-0.3, -0.25) is 0 Å². The largest absolute Gasteiger partial charge is 0.492 e. The van der Waals surface area contributed by atoms with Crippen LogP contribution in [0.5, 0.6) is 11.5 Å². The van der Waals surface area contributed by atoms with E-state index < -0.39 is 0 Å². The Morgan fingerprint density at radius 1 is 1.15 bits per heavy atom. The number of nitrogens with two attached hydrogens (primary N) is 1. The third kappa shape index (κ3) is 7.25. The molecule has 0 aliphatic rings. The Morgan fingerprint density at radius 2 is 1.82 bits per heavy atom. The molecule has 5 nitrogen and oxygen atoms in total. The summed E-state index contributed by atoms with van der Waals surface area (Å²) < 4.78 is 11.6. The number of benzene rings is 2. The minimum absolute atomic E-state index is 0.260. The highest BCUT2D eigenvalue weighted by atomic mass is 16.5. The summed E-state index contributed by atoms with van der Waals surface area (Å²) in [6, 6.07) is 16.1. The molecule has 1 unspecified atom stereocenters. The van der Waals surface area contributed by atoms with E-state index >= 15 is 0 Å². The second-order valence-electron chi connectivity index (χ2n) is 8.95. The lowest BCUT2D eigenvalue weighted by Crippen LogP contribution is -2.19.